The normalized spacial score (nSPS) is 23.6. The molecular formula is C14H27N3O. The molecule has 2 aliphatic rings. The van der Waals surface area contributed by atoms with E-state index in [9.17, 15) is 4.79 Å². The standard InChI is InChI=1S/C14H27N3O/c1-3-9-17(10-12-5-4-8-15-12)11-14(18)16(2)13-6-7-13/h12-13,15H,3-11H2,1-2H3. The van der Waals surface area contributed by atoms with E-state index < -0.39 is 0 Å². The summed E-state index contributed by atoms with van der Waals surface area (Å²) in [5, 5.41) is 3.52. The predicted molar refractivity (Wildman–Crippen MR) is 73.5 cm³/mol. The molecular weight excluding hydrogens is 226 g/mol. The van der Waals surface area contributed by atoms with Crippen molar-refractivity contribution in [2.75, 3.05) is 33.2 Å². The number of carbonyl (C=O) groups excluding carboxylic acids is 1. The monoisotopic (exact) mass is 253 g/mol. The highest BCUT2D eigenvalue weighted by molar-refractivity contribution is 5.78. The number of nitrogens with zero attached hydrogens (tertiary/aromatic N) is 2. The smallest absolute Gasteiger partial charge is 0.236 e. The van der Waals surface area contributed by atoms with E-state index in [1.807, 2.05) is 11.9 Å². The zero-order chi connectivity index (χ0) is 13.0. The van der Waals surface area contributed by atoms with E-state index in [2.05, 4.69) is 17.1 Å². The Morgan fingerprint density at radius 2 is 2.11 bits per heavy atom. The lowest BCUT2D eigenvalue weighted by molar-refractivity contribution is -0.131. The second kappa shape index (κ2) is 6.53. The third-order valence-corrected chi connectivity index (χ3v) is 4.03. The van der Waals surface area contributed by atoms with Crippen molar-refractivity contribution in [2.45, 2.75) is 51.1 Å². The average molecular weight is 253 g/mol. The van der Waals surface area contributed by atoms with Crippen molar-refractivity contribution >= 4 is 5.91 Å². The molecule has 1 aliphatic carbocycles. The van der Waals surface area contributed by atoms with Crippen molar-refractivity contribution in [1.82, 2.24) is 15.1 Å². The first-order valence-electron chi connectivity index (χ1n) is 7.42. The van der Waals surface area contributed by atoms with Crippen LogP contribution in [0.2, 0.25) is 0 Å². The van der Waals surface area contributed by atoms with Gasteiger partial charge in [-0.15, -0.1) is 0 Å². The maximum absolute atomic E-state index is 12.1. The zero-order valence-corrected chi connectivity index (χ0v) is 11.8. The summed E-state index contributed by atoms with van der Waals surface area (Å²) >= 11 is 0. The Labute approximate surface area is 111 Å². The first-order chi connectivity index (χ1) is 8.70. The molecule has 2 rings (SSSR count). The van der Waals surface area contributed by atoms with Gasteiger partial charge in [0.15, 0.2) is 0 Å². The predicted octanol–water partition coefficient (Wildman–Crippen LogP) is 1.07. The molecule has 0 aromatic rings. The Bertz CT molecular complexity index is 272. The van der Waals surface area contributed by atoms with Crippen LogP contribution in [-0.2, 0) is 4.79 Å². The molecule has 0 aromatic carbocycles. The molecule has 1 amide bonds. The molecule has 1 N–H and O–H groups in total. The minimum atomic E-state index is 0.295. The van der Waals surface area contributed by atoms with Crippen molar-refractivity contribution in [3.8, 4) is 0 Å². The summed E-state index contributed by atoms with van der Waals surface area (Å²) in [7, 11) is 1.96. The fourth-order valence-corrected chi connectivity index (χ4v) is 2.74. The van der Waals surface area contributed by atoms with Gasteiger partial charge in [0.1, 0.15) is 0 Å². The summed E-state index contributed by atoms with van der Waals surface area (Å²) in [6.07, 6.45) is 6.04. The Kier molecular flexibility index (Phi) is 5.01. The lowest BCUT2D eigenvalue weighted by Gasteiger charge is -2.27. The molecule has 0 bridgehead atoms. The molecule has 0 radical (unpaired) electrons. The lowest BCUT2D eigenvalue weighted by atomic mass is 10.2. The van der Waals surface area contributed by atoms with E-state index in [0.717, 1.165) is 26.1 Å². The van der Waals surface area contributed by atoms with Crippen LogP contribution >= 0.6 is 0 Å². The summed E-state index contributed by atoms with van der Waals surface area (Å²) in [5.41, 5.74) is 0. The Hall–Kier alpha value is -0.610. The summed E-state index contributed by atoms with van der Waals surface area (Å²) in [6.45, 7) is 5.98. The number of hydrogen-bond acceptors (Lipinski definition) is 3. The number of likely N-dealkylation sites (N-methyl/N-ethyl adjacent to an activating group) is 1. The van der Waals surface area contributed by atoms with Gasteiger partial charge in [0.25, 0.3) is 0 Å². The van der Waals surface area contributed by atoms with Gasteiger partial charge in [0.05, 0.1) is 6.54 Å². The van der Waals surface area contributed by atoms with Crippen LogP contribution in [-0.4, -0.2) is 61.0 Å². The summed E-state index contributed by atoms with van der Waals surface area (Å²) in [6, 6.07) is 1.13. The molecule has 0 spiro atoms. The summed E-state index contributed by atoms with van der Waals surface area (Å²) < 4.78 is 0. The maximum atomic E-state index is 12.1. The Morgan fingerprint density at radius 3 is 2.67 bits per heavy atom. The van der Waals surface area contributed by atoms with Crippen molar-refractivity contribution < 1.29 is 4.79 Å². The van der Waals surface area contributed by atoms with Gasteiger partial charge in [-0.25, -0.2) is 0 Å². The summed E-state index contributed by atoms with van der Waals surface area (Å²) in [5.74, 6) is 0.295. The van der Waals surface area contributed by atoms with Gasteiger partial charge >= 0.3 is 0 Å². The molecule has 104 valence electrons. The van der Waals surface area contributed by atoms with E-state index in [1.165, 1.54) is 25.7 Å². The Balaban J connectivity index is 1.78. The molecule has 1 unspecified atom stereocenters. The van der Waals surface area contributed by atoms with Gasteiger partial charge in [-0.1, -0.05) is 6.92 Å². The average Bonchev–Trinajstić information content (AvgIpc) is 3.07. The second-order valence-corrected chi connectivity index (χ2v) is 5.76. The SMILES string of the molecule is CCCN(CC(=O)N(C)C1CC1)CC1CCCN1. The molecule has 18 heavy (non-hydrogen) atoms. The first kappa shape index (κ1) is 13.8. The van der Waals surface area contributed by atoms with E-state index in [-0.39, 0.29) is 0 Å². The fourth-order valence-electron chi connectivity index (χ4n) is 2.74. The van der Waals surface area contributed by atoms with Crippen LogP contribution in [0, 0.1) is 0 Å². The largest absolute Gasteiger partial charge is 0.342 e. The molecule has 4 nitrogen and oxygen atoms in total. The van der Waals surface area contributed by atoms with Crippen molar-refractivity contribution in [1.29, 1.82) is 0 Å². The highest BCUT2D eigenvalue weighted by atomic mass is 16.2. The zero-order valence-electron chi connectivity index (χ0n) is 11.8. The quantitative estimate of drug-likeness (QED) is 0.737. The minimum Gasteiger partial charge on any atom is -0.342 e. The molecule has 1 atom stereocenters. The number of amides is 1. The van der Waals surface area contributed by atoms with E-state index in [4.69, 9.17) is 0 Å². The topological polar surface area (TPSA) is 35.6 Å². The van der Waals surface area contributed by atoms with Crippen molar-refractivity contribution in [3.05, 3.63) is 0 Å². The first-order valence-corrected chi connectivity index (χ1v) is 7.42. The number of carbonyl (C=O) groups is 1. The van der Waals surface area contributed by atoms with Crippen LogP contribution < -0.4 is 5.32 Å². The number of rotatable bonds is 7. The van der Waals surface area contributed by atoms with Gasteiger partial charge in [-0.05, 0) is 45.2 Å². The molecule has 1 saturated heterocycles. The highest BCUT2D eigenvalue weighted by Gasteiger charge is 2.30. The second-order valence-electron chi connectivity index (χ2n) is 5.76. The molecule has 1 heterocycles. The number of nitrogens with one attached hydrogen (secondary N) is 1. The van der Waals surface area contributed by atoms with Gasteiger partial charge in [-0.3, -0.25) is 9.69 Å². The van der Waals surface area contributed by atoms with E-state index in [0.29, 0.717) is 24.5 Å². The fraction of sp³-hybridized carbons (Fsp3) is 0.929. The molecule has 2 fully saturated rings. The third-order valence-electron chi connectivity index (χ3n) is 4.03. The van der Waals surface area contributed by atoms with Gasteiger partial charge < -0.3 is 10.2 Å². The van der Waals surface area contributed by atoms with Crippen LogP contribution in [0.25, 0.3) is 0 Å². The van der Waals surface area contributed by atoms with Gasteiger partial charge in [0, 0.05) is 25.7 Å². The molecule has 1 saturated carbocycles. The van der Waals surface area contributed by atoms with Crippen molar-refractivity contribution in [2.24, 2.45) is 0 Å². The van der Waals surface area contributed by atoms with Crippen LogP contribution in [0.1, 0.15) is 39.0 Å². The van der Waals surface area contributed by atoms with Crippen LogP contribution in [0.4, 0.5) is 0 Å². The molecule has 1 aliphatic heterocycles. The van der Waals surface area contributed by atoms with Gasteiger partial charge in [-0.2, -0.15) is 0 Å². The molecule has 0 aromatic heterocycles. The Morgan fingerprint density at radius 1 is 1.33 bits per heavy atom. The van der Waals surface area contributed by atoms with E-state index in [1.54, 1.807) is 0 Å². The van der Waals surface area contributed by atoms with E-state index >= 15 is 0 Å². The van der Waals surface area contributed by atoms with Crippen LogP contribution in [0.15, 0.2) is 0 Å². The van der Waals surface area contributed by atoms with Gasteiger partial charge in [0.2, 0.25) is 5.91 Å². The lowest BCUT2D eigenvalue weighted by Crippen LogP contribution is -2.44. The maximum Gasteiger partial charge on any atom is 0.236 e. The minimum absolute atomic E-state index is 0.295. The summed E-state index contributed by atoms with van der Waals surface area (Å²) in [4.78, 5) is 16.4. The van der Waals surface area contributed by atoms with Crippen LogP contribution in [0.3, 0.4) is 0 Å². The highest BCUT2D eigenvalue weighted by Crippen LogP contribution is 2.25. The number of hydrogen-bond donors (Lipinski definition) is 1. The third kappa shape index (κ3) is 3.95. The molecule has 4 heteroatoms. The van der Waals surface area contributed by atoms with Crippen molar-refractivity contribution in [3.63, 3.8) is 0 Å². The van der Waals surface area contributed by atoms with Crippen LogP contribution in [0.5, 0.6) is 0 Å².